The van der Waals surface area contributed by atoms with Crippen molar-refractivity contribution in [2.75, 3.05) is 24.6 Å². The molecule has 0 radical (unpaired) electrons. The van der Waals surface area contributed by atoms with Crippen molar-refractivity contribution in [1.82, 2.24) is 57.5 Å². The smallest absolute Gasteiger partial charge is 0.244 e. The van der Waals surface area contributed by atoms with Gasteiger partial charge in [0.25, 0.3) is 0 Å². The van der Waals surface area contributed by atoms with Crippen molar-refractivity contribution in [1.29, 1.82) is 0 Å². The number of nitrogens with zero attached hydrogens (tertiary/aromatic N) is 2. The van der Waals surface area contributed by atoms with Crippen LogP contribution in [0.3, 0.4) is 0 Å². The molecule has 410 valence electrons. The van der Waals surface area contributed by atoms with Gasteiger partial charge in [-0.25, -0.2) is 4.98 Å². The maximum absolute atomic E-state index is 14.7. The van der Waals surface area contributed by atoms with Crippen molar-refractivity contribution >= 4 is 91.6 Å². The number of fused-ring (bicyclic) bond motifs is 1. The Labute approximate surface area is 447 Å². The van der Waals surface area contributed by atoms with Gasteiger partial charge in [-0.05, 0) is 42.4 Å². The molecule has 8 atom stereocenters. The van der Waals surface area contributed by atoms with E-state index in [0.29, 0.717) is 23.2 Å². The minimum absolute atomic E-state index is 0.00570. The first-order valence-electron chi connectivity index (χ1n) is 24.9. The van der Waals surface area contributed by atoms with Gasteiger partial charge in [0.15, 0.2) is 5.96 Å². The topological polar surface area (TPSA) is 385 Å². The van der Waals surface area contributed by atoms with E-state index in [1.54, 1.807) is 43.5 Å². The number of benzene rings is 2. The number of H-pyrrole nitrogens is 2. The van der Waals surface area contributed by atoms with Gasteiger partial charge in [-0.15, -0.1) is 0 Å². The number of rotatable bonds is 16. The van der Waals surface area contributed by atoms with E-state index in [-0.39, 0.29) is 81.4 Å². The fourth-order valence-electron chi connectivity index (χ4n) is 8.12. The summed E-state index contributed by atoms with van der Waals surface area (Å²) in [5.74, 6) is -7.00. The molecule has 0 spiro atoms. The summed E-state index contributed by atoms with van der Waals surface area (Å²) in [5, 5.41) is 22.8. The predicted octanol–water partition coefficient (Wildman–Crippen LogP) is -0.791. The Morgan fingerprint density at radius 2 is 1.42 bits per heavy atom. The zero-order valence-corrected chi connectivity index (χ0v) is 44.3. The first-order chi connectivity index (χ1) is 36.4. The van der Waals surface area contributed by atoms with Crippen LogP contribution >= 0.6 is 21.6 Å². The van der Waals surface area contributed by atoms with Gasteiger partial charge in [0, 0.05) is 86.2 Å². The highest BCUT2D eigenvalue weighted by atomic mass is 33.1. The van der Waals surface area contributed by atoms with Gasteiger partial charge in [-0.3, -0.25) is 48.1 Å². The van der Waals surface area contributed by atoms with Crippen molar-refractivity contribution < 1.29 is 43.2 Å². The van der Waals surface area contributed by atoms with Crippen LogP contribution in [0.5, 0.6) is 0 Å². The molecule has 0 bridgehead atoms. The zero-order valence-electron chi connectivity index (χ0n) is 42.6. The minimum atomic E-state index is -1.41. The summed E-state index contributed by atoms with van der Waals surface area (Å²) in [4.78, 5) is 139. The van der Waals surface area contributed by atoms with Crippen molar-refractivity contribution in [3.63, 3.8) is 0 Å². The molecule has 26 heteroatoms. The number of aliphatic imine (C=N–C) groups is 1. The average molecular weight is 1090 g/mol. The SMILES string of the molecule is CC[C@H](C)[C@H](NC(C)=O)C(=O)N[C@H]1CSSC[C@@H](C(N)=O)NC(=O)CCCNC(=O)[C@H](Cc2c[nH]c3ccccc23)NC(=O)[C@H](CCCN=C(N)N)NC(=O)[C@@H](Cc2ccccc2)NC(=O)[C@H](Cc2cnc[nH]2)NC1=O. The summed E-state index contributed by atoms with van der Waals surface area (Å²) in [6, 6.07) is 7.36. The van der Waals surface area contributed by atoms with Crippen LogP contribution in [0.4, 0.5) is 0 Å². The second kappa shape index (κ2) is 30.1. The van der Waals surface area contributed by atoms with Crippen LogP contribution < -0.4 is 59.7 Å². The standard InChI is InChI=1S/C50H69N15O9S2/c1-4-28(2)42(59-29(3)66)49(74)65-40-26-76-75-25-39(43(51)68)60-41(67)17-11-18-55-44(69)37(21-31-23-57-34-15-9-8-14-33(31)34)63-45(70)35(16-10-19-56-50(52)53)61-46(71)36(20-30-12-6-5-7-13-30)62-47(72)38(64-48(40)73)22-32-24-54-27-58-32/h5-9,12-15,23-24,27-28,35-40,42,57H,4,10-11,16-22,25-26H2,1-3H3,(H2,51,68)(H,54,58)(H,55,69)(H,59,66)(H,60,67)(H,61,71)(H,62,72)(H,63,70)(H,64,73)(H,65,74)(H4,52,53,56)/t28-,35-,36+,37-,38-,39-,40-,42-/m0/s1. The first-order valence-corrected chi connectivity index (χ1v) is 27.4. The van der Waals surface area contributed by atoms with E-state index in [0.717, 1.165) is 32.5 Å². The summed E-state index contributed by atoms with van der Waals surface area (Å²) in [5.41, 5.74) is 19.4. The monoisotopic (exact) mass is 1090 g/mol. The Morgan fingerprint density at radius 3 is 2.09 bits per heavy atom. The van der Waals surface area contributed by atoms with Gasteiger partial charge in [0.2, 0.25) is 53.2 Å². The normalized spacial score (nSPS) is 21.8. The number of amides is 9. The third-order valence-electron chi connectivity index (χ3n) is 12.4. The Hall–Kier alpha value is -7.61. The highest BCUT2D eigenvalue weighted by molar-refractivity contribution is 8.76. The Bertz CT molecular complexity index is 2650. The maximum atomic E-state index is 14.7. The van der Waals surface area contributed by atoms with Crippen molar-refractivity contribution in [2.24, 2.45) is 28.1 Å². The van der Waals surface area contributed by atoms with Gasteiger partial charge >= 0.3 is 0 Å². The van der Waals surface area contributed by atoms with Gasteiger partial charge in [-0.2, -0.15) is 0 Å². The molecule has 5 rings (SSSR count). The molecule has 2 aromatic heterocycles. The number of carbonyl (C=O) groups excluding carboxylic acids is 9. The molecule has 3 heterocycles. The third-order valence-corrected chi connectivity index (χ3v) is 14.9. The second-order valence-corrected chi connectivity index (χ2v) is 20.9. The maximum Gasteiger partial charge on any atom is 0.244 e. The zero-order chi connectivity index (χ0) is 55.1. The van der Waals surface area contributed by atoms with E-state index in [9.17, 15) is 43.2 Å². The Balaban J connectivity index is 1.54. The van der Waals surface area contributed by atoms with Gasteiger partial charge in [-0.1, -0.05) is 90.4 Å². The fraction of sp³-hybridized carbons (Fsp3) is 0.460. The lowest BCUT2D eigenvalue weighted by molar-refractivity contribution is -0.135. The molecule has 1 fully saturated rings. The number of primary amides is 1. The number of aromatic amines is 2. The summed E-state index contributed by atoms with van der Waals surface area (Å²) in [6.07, 6.45) is 5.00. The number of nitrogens with one attached hydrogen (secondary N) is 10. The highest BCUT2D eigenvalue weighted by Gasteiger charge is 2.35. The van der Waals surface area contributed by atoms with E-state index in [1.165, 1.54) is 19.4 Å². The number of hydrogen-bond donors (Lipinski definition) is 13. The molecular formula is C50H69N15O9S2. The molecule has 0 unspecified atom stereocenters. The fourth-order valence-corrected chi connectivity index (χ4v) is 10.5. The number of guanidine groups is 1. The van der Waals surface area contributed by atoms with Gasteiger partial charge in [0.05, 0.1) is 6.33 Å². The van der Waals surface area contributed by atoms with Gasteiger partial charge < -0.3 is 69.7 Å². The third kappa shape index (κ3) is 19.0. The molecule has 0 saturated carbocycles. The predicted molar refractivity (Wildman–Crippen MR) is 289 cm³/mol. The van der Waals surface area contributed by atoms with E-state index >= 15 is 0 Å². The molecule has 24 nitrogen and oxygen atoms in total. The quantitative estimate of drug-likeness (QED) is 0.0283. The van der Waals surface area contributed by atoms with Gasteiger partial charge in [0.1, 0.15) is 42.3 Å². The summed E-state index contributed by atoms with van der Waals surface area (Å²) in [6.45, 7) is 4.94. The highest BCUT2D eigenvalue weighted by Crippen LogP contribution is 2.24. The average Bonchev–Trinajstić information content (AvgIpc) is 4.07. The van der Waals surface area contributed by atoms with Crippen molar-refractivity contribution in [3.05, 3.63) is 90.1 Å². The summed E-state index contributed by atoms with van der Waals surface area (Å²) >= 11 is 0. The lowest BCUT2D eigenvalue weighted by Crippen LogP contribution is -2.61. The van der Waals surface area contributed by atoms with Crippen molar-refractivity contribution in [3.8, 4) is 0 Å². The summed E-state index contributed by atoms with van der Waals surface area (Å²) in [7, 11) is 2.16. The Kier molecular flexibility index (Phi) is 23.4. The molecular weight excluding hydrogens is 1020 g/mol. The van der Waals surface area contributed by atoms with E-state index in [2.05, 4.69) is 62.5 Å². The molecule has 4 aromatic rings. The van der Waals surface area contributed by atoms with Crippen LogP contribution in [0.1, 0.15) is 69.7 Å². The van der Waals surface area contributed by atoms with Crippen molar-refractivity contribution in [2.45, 2.75) is 114 Å². The lowest BCUT2D eigenvalue weighted by Gasteiger charge is -2.28. The Morgan fingerprint density at radius 1 is 0.776 bits per heavy atom. The lowest BCUT2D eigenvalue weighted by atomic mass is 9.98. The second-order valence-electron chi connectivity index (χ2n) is 18.3. The molecule has 76 heavy (non-hydrogen) atoms. The number of hydrogen-bond acceptors (Lipinski definition) is 13. The van der Waals surface area contributed by atoms with Crippen LogP contribution in [0.25, 0.3) is 10.9 Å². The van der Waals surface area contributed by atoms with E-state index in [1.807, 2.05) is 31.2 Å². The largest absolute Gasteiger partial charge is 0.370 e. The van der Waals surface area contributed by atoms with E-state index < -0.39 is 95.5 Å². The van der Waals surface area contributed by atoms with Crippen LogP contribution in [0.2, 0.25) is 0 Å². The molecule has 16 N–H and O–H groups in total. The summed E-state index contributed by atoms with van der Waals surface area (Å²) < 4.78 is 0. The van der Waals surface area contributed by atoms with Crippen LogP contribution in [-0.2, 0) is 62.4 Å². The number of carbonyl (C=O) groups is 9. The number of aromatic nitrogens is 3. The van der Waals surface area contributed by atoms with E-state index in [4.69, 9.17) is 17.2 Å². The first kappa shape index (κ1) is 59.3. The number of imidazole rings is 1. The molecule has 1 aliphatic heterocycles. The van der Waals surface area contributed by atoms with Crippen LogP contribution in [0.15, 0.2) is 78.3 Å². The molecule has 1 saturated heterocycles. The number of para-hydroxylation sites is 1. The molecule has 0 aliphatic carbocycles. The molecule has 2 aromatic carbocycles. The minimum Gasteiger partial charge on any atom is -0.370 e. The molecule has 1 aliphatic rings. The van der Waals surface area contributed by atoms with Crippen LogP contribution in [0, 0.1) is 5.92 Å². The molecule has 9 amide bonds. The van der Waals surface area contributed by atoms with Crippen LogP contribution in [-0.4, -0.2) is 141 Å². The number of nitrogens with two attached hydrogens (primary N) is 3.